The molecular weight excluding hydrogens is 238 g/mol. The van der Waals surface area contributed by atoms with Crippen molar-refractivity contribution in [3.63, 3.8) is 0 Å². The van der Waals surface area contributed by atoms with Crippen LogP contribution in [0, 0.1) is 5.92 Å². The van der Waals surface area contributed by atoms with Crippen LogP contribution in [0.4, 0.5) is 0 Å². The first-order valence-corrected chi connectivity index (χ1v) is 7.63. The van der Waals surface area contributed by atoms with Crippen molar-refractivity contribution in [2.24, 2.45) is 11.7 Å². The molecule has 0 radical (unpaired) electrons. The molecule has 4 nitrogen and oxygen atoms in total. The first kappa shape index (κ1) is 13.1. The zero-order valence-corrected chi connectivity index (χ0v) is 11.8. The maximum absolute atomic E-state index is 6.31. The molecule has 1 aliphatic heterocycles. The van der Waals surface area contributed by atoms with E-state index in [-0.39, 0.29) is 6.04 Å². The Morgan fingerprint density at radius 2 is 2.26 bits per heavy atom. The molecule has 2 N–H and O–H groups in total. The molecule has 4 heteroatoms. The van der Waals surface area contributed by atoms with E-state index in [1.165, 1.54) is 25.7 Å². The van der Waals surface area contributed by atoms with Gasteiger partial charge in [0, 0.05) is 24.6 Å². The van der Waals surface area contributed by atoms with Crippen LogP contribution >= 0.6 is 0 Å². The number of hydrogen-bond acceptors (Lipinski definition) is 3. The second-order valence-electron chi connectivity index (χ2n) is 6.23. The quantitative estimate of drug-likeness (QED) is 0.907. The molecule has 1 aliphatic carbocycles. The summed E-state index contributed by atoms with van der Waals surface area (Å²) in [7, 11) is 0. The summed E-state index contributed by atoms with van der Waals surface area (Å²) in [4.78, 5) is 0. The molecule has 3 atom stereocenters. The first-order chi connectivity index (χ1) is 9.22. The lowest BCUT2D eigenvalue weighted by Gasteiger charge is -2.16. The minimum atomic E-state index is 0.178. The Balaban J connectivity index is 1.57. The van der Waals surface area contributed by atoms with Gasteiger partial charge >= 0.3 is 0 Å². The highest BCUT2D eigenvalue weighted by Crippen LogP contribution is 2.29. The second kappa shape index (κ2) is 5.63. The van der Waals surface area contributed by atoms with Gasteiger partial charge in [0.25, 0.3) is 0 Å². The van der Waals surface area contributed by atoms with E-state index in [0.717, 1.165) is 25.1 Å². The average Bonchev–Trinajstić information content (AvgIpc) is 3.07. The Morgan fingerprint density at radius 3 is 2.95 bits per heavy atom. The normalized spacial score (nSPS) is 30.0. The van der Waals surface area contributed by atoms with Crippen LogP contribution < -0.4 is 5.73 Å². The van der Waals surface area contributed by atoms with Gasteiger partial charge in [0.15, 0.2) is 0 Å². The fourth-order valence-electron chi connectivity index (χ4n) is 3.42. The number of nitrogens with zero attached hydrogens (tertiary/aromatic N) is 2. The van der Waals surface area contributed by atoms with Crippen molar-refractivity contribution >= 4 is 0 Å². The molecular formula is C15H25N3O. The van der Waals surface area contributed by atoms with Crippen molar-refractivity contribution in [1.82, 2.24) is 9.78 Å². The molecule has 2 aliphatic rings. The summed E-state index contributed by atoms with van der Waals surface area (Å²) >= 11 is 0. The van der Waals surface area contributed by atoms with Gasteiger partial charge in [-0.3, -0.25) is 4.68 Å². The summed E-state index contributed by atoms with van der Waals surface area (Å²) in [5, 5.41) is 4.72. The lowest BCUT2D eigenvalue weighted by Crippen LogP contribution is -2.33. The van der Waals surface area contributed by atoms with Crippen LogP contribution in [0.2, 0.25) is 0 Å². The molecule has 2 fully saturated rings. The fourth-order valence-corrected chi connectivity index (χ4v) is 3.42. The van der Waals surface area contributed by atoms with Gasteiger partial charge in [-0.1, -0.05) is 12.8 Å². The molecule has 0 aromatic carbocycles. The van der Waals surface area contributed by atoms with Crippen LogP contribution in [0.15, 0.2) is 12.3 Å². The Labute approximate surface area is 115 Å². The van der Waals surface area contributed by atoms with Crippen molar-refractivity contribution < 1.29 is 4.74 Å². The van der Waals surface area contributed by atoms with Gasteiger partial charge in [0.05, 0.1) is 24.4 Å². The minimum Gasteiger partial charge on any atom is -0.378 e. The number of aromatic nitrogens is 2. The van der Waals surface area contributed by atoms with E-state index in [1.807, 2.05) is 0 Å². The van der Waals surface area contributed by atoms with Gasteiger partial charge in [-0.2, -0.15) is 5.10 Å². The van der Waals surface area contributed by atoms with Crippen molar-refractivity contribution in [3.8, 4) is 0 Å². The summed E-state index contributed by atoms with van der Waals surface area (Å²) in [5.74, 6) is 0.492. The number of nitrogens with two attached hydrogens (primary N) is 1. The average molecular weight is 263 g/mol. The molecule has 1 aromatic heterocycles. The number of rotatable bonds is 4. The summed E-state index contributed by atoms with van der Waals surface area (Å²) in [6, 6.07) is 2.94. The monoisotopic (exact) mass is 263 g/mol. The molecule has 1 aromatic rings. The van der Waals surface area contributed by atoms with Gasteiger partial charge < -0.3 is 10.5 Å². The van der Waals surface area contributed by atoms with E-state index in [0.29, 0.717) is 18.1 Å². The number of ether oxygens (including phenoxy) is 1. The highest BCUT2D eigenvalue weighted by Gasteiger charge is 2.28. The molecule has 1 saturated carbocycles. The summed E-state index contributed by atoms with van der Waals surface area (Å²) < 4.78 is 7.76. The van der Waals surface area contributed by atoms with E-state index in [2.05, 4.69) is 23.9 Å². The molecule has 3 rings (SSSR count). The topological polar surface area (TPSA) is 53.1 Å². The van der Waals surface area contributed by atoms with Crippen LogP contribution in [0.1, 0.15) is 50.8 Å². The van der Waals surface area contributed by atoms with Crippen LogP contribution in [0.25, 0.3) is 0 Å². The summed E-state index contributed by atoms with van der Waals surface area (Å²) in [6.45, 7) is 2.94. The molecule has 2 heterocycles. The van der Waals surface area contributed by atoms with E-state index < -0.39 is 0 Å². The molecule has 0 amide bonds. The summed E-state index contributed by atoms with van der Waals surface area (Å²) in [5.41, 5.74) is 7.44. The SMILES string of the molecule is CC1CC(C(N)Cc2ccn(C3CCCC3)n2)CO1. The van der Waals surface area contributed by atoms with E-state index >= 15 is 0 Å². The Kier molecular flexibility index (Phi) is 3.89. The Bertz CT molecular complexity index is 411. The minimum absolute atomic E-state index is 0.178. The van der Waals surface area contributed by atoms with Crippen molar-refractivity contribution in [2.45, 2.75) is 63.6 Å². The predicted octanol–water partition coefficient (Wildman–Crippen LogP) is 2.29. The lowest BCUT2D eigenvalue weighted by atomic mass is 9.94. The van der Waals surface area contributed by atoms with Crippen LogP contribution in [0.5, 0.6) is 0 Å². The van der Waals surface area contributed by atoms with Gasteiger partial charge in [-0.05, 0) is 32.3 Å². The third-order valence-corrected chi connectivity index (χ3v) is 4.64. The lowest BCUT2D eigenvalue weighted by molar-refractivity contribution is 0.118. The Hall–Kier alpha value is -0.870. The van der Waals surface area contributed by atoms with Crippen LogP contribution in [-0.4, -0.2) is 28.5 Å². The van der Waals surface area contributed by atoms with Crippen LogP contribution in [-0.2, 0) is 11.2 Å². The zero-order valence-electron chi connectivity index (χ0n) is 11.8. The smallest absolute Gasteiger partial charge is 0.0640 e. The van der Waals surface area contributed by atoms with Gasteiger partial charge in [-0.25, -0.2) is 0 Å². The predicted molar refractivity (Wildman–Crippen MR) is 74.9 cm³/mol. The number of hydrogen-bond donors (Lipinski definition) is 1. The molecule has 0 bridgehead atoms. The molecule has 3 unspecified atom stereocenters. The second-order valence-corrected chi connectivity index (χ2v) is 6.23. The van der Waals surface area contributed by atoms with Gasteiger partial charge in [0.1, 0.15) is 0 Å². The standard InChI is InChI=1S/C15H25N3O/c1-11-8-12(10-19-11)15(16)9-13-6-7-18(17-13)14-4-2-3-5-14/h6-7,11-12,14-15H,2-5,8-10,16H2,1H3. The fraction of sp³-hybridized carbons (Fsp3) is 0.800. The van der Waals surface area contributed by atoms with Gasteiger partial charge in [-0.15, -0.1) is 0 Å². The molecule has 106 valence electrons. The highest BCUT2D eigenvalue weighted by molar-refractivity contribution is 5.03. The maximum atomic E-state index is 6.31. The zero-order chi connectivity index (χ0) is 13.2. The molecule has 0 spiro atoms. The highest BCUT2D eigenvalue weighted by atomic mass is 16.5. The third kappa shape index (κ3) is 3.00. The summed E-state index contributed by atoms with van der Waals surface area (Å²) in [6.07, 6.45) is 9.71. The van der Waals surface area contributed by atoms with Crippen molar-refractivity contribution in [1.29, 1.82) is 0 Å². The first-order valence-electron chi connectivity index (χ1n) is 7.63. The van der Waals surface area contributed by atoms with E-state index in [4.69, 9.17) is 15.6 Å². The molecule has 1 saturated heterocycles. The molecule has 19 heavy (non-hydrogen) atoms. The van der Waals surface area contributed by atoms with Crippen molar-refractivity contribution in [3.05, 3.63) is 18.0 Å². The van der Waals surface area contributed by atoms with E-state index in [9.17, 15) is 0 Å². The third-order valence-electron chi connectivity index (χ3n) is 4.64. The Morgan fingerprint density at radius 1 is 1.47 bits per heavy atom. The maximum Gasteiger partial charge on any atom is 0.0640 e. The van der Waals surface area contributed by atoms with Gasteiger partial charge in [0.2, 0.25) is 0 Å². The van der Waals surface area contributed by atoms with Crippen LogP contribution in [0.3, 0.4) is 0 Å². The van der Waals surface area contributed by atoms with Crippen molar-refractivity contribution in [2.75, 3.05) is 6.61 Å². The largest absolute Gasteiger partial charge is 0.378 e. The van der Waals surface area contributed by atoms with E-state index in [1.54, 1.807) is 0 Å².